The van der Waals surface area contributed by atoms with Gasteiger partial charge in [-0.25, -0.2) is 14.8 Å². The maximum Gasteiger partial charge on any atom is 0.337 e. The van der Waals surface area contributed by atoms with E-state index in [1.54, 1.807) is 43.4 Å². The molecule has 0 unspecified atom stereocenters. The van der Waals surface area contributed by atoms with Crippen molar-refractivity contribution in [2.45, 2.75) is 38.1 Å². The van der Waals surface area contributed by atoms with Gasteiger partial charge in [-0.15, -0.1) is 0 Å². The summed E-state index contributed by atoms with van der Waals surface area (Å²) >= 11 is 0. The Morgan fingerprint density at radius 2 is 1.42 bits per heavy atom. The largest absolute Gasteiger partial charge is 0.478 e. The number of hydrogen-bond acceptors (Lipinski definition) is 8. The standard InChI is InChI=1S/C40H30N8O2/c49-40(50)37-29(33-22-41-15-17-44-33)21-35-38(36(37)26-9-11-30-24(19-26)5-4-14-43-30)47-39(48(35)28-6-2-1-3-7-28)27-10-12-31-25(20-27)8-13-32(46-31)34-23-42-16-18-45-34/h4-5,8-23,28H,1-3,6-7H2,(H,49,50). The van der Waals surface area contributed by atoms with Gasteiger partial charge in [-0.05, 0) is 66.9 Å². The van der Waals surface area contributed by atoms with Gasteiger partial charge in [0.1, 0.15) is 11.5 Å². The van der Waals surface area contributed by atoms with Gasteiger partial charge in [-0.1, -0.05) is 37.5 Å². The molecule has 0 spiro atoms. The van der Waals surface area contributed by atoms with Crippen molar-refractivity contribution in [2.75, 3.05) is 0 Å². The molecular formula is C40H30N8O2. The summed E-state index contributed by atoms with van der Waals surface area (Å²) in [6.07, 6.45) is 17.0. The van der Waals surface area contributed by atoms with Gasteiger partial charge in [-0.3, -0.25) is 24.9 Å². The molecule has 1 aliphatic rings. The SMILES string of the molecule is O=C(O)c1c(-c2cnccn2)cc2c(nc(-c3ccc4nc(-c5cnccn5)ccc4c3)n2C2CCCCC2)c1-c1ccc2ncccc2c1. The number of carboxylic acids is 1. The zero-order valence-corrected chi connectivity index (χ0v) is 26.9. The van der Waals surface area contributed by atoms with E-state index in [0.717, 1.165) is 75.7 Å². The molecule has 1 N–H and O–H groups in total. The first kappa shape index (κ1) is 29.7. The molecule has 0 bridgehead atoms. The number of benzene rings is 3. The average Bonchev–Trinajstić information content (AvgIpc) is 3.57. The summed E-state index contributed by atoms with van der Waals surface area (Å²) in [5.41, 5.74) is 7.99. The van der Waals surface area contributed by atoms with Crippen molar-refractivity contribution in [3.63, 3.8) is 0 Å². The van der Waals surface area contributed by atoms with E-state index in [0.29, 0.717) is 28.0 Å². The molecule has 0 amide bonds. The summed E-state index contributed by atoms with van der Waals surface area (Å²) in [4.78, 5) is 45.6. The maximum atomic E-state index is 13.3. The molecule has 5 aromatic heterocycles. The number of fused-ring (bicyclic) bond motifs is 3. The van der Waals surface area contributed by atoms with Crippen molar-refractivity contribution >= 4 is 38.8 Å². The van der Waals surface area contributed by atoms with Gasteiger partial charge in [-0.2, -0.15) is 0 Å². The van der Waals surface area contributed by atoms with Crippen LogP contribution in [0.4, 0.5) is 0 Å². The molecule has 0 atom stereocenters. The van der Waals surface area contributed by atoms with Gasteiger partial charge >= 0.3 is 5.97 Å². The van der Waals surface area contributed by atoms with Crippen molar-refractivity contribution in [2.24, 2.45) is 0 Å². The molecule has 0 aliphatic heterocycles. The number of aromatic carboxylic acids is 1. The van der Waals surface area contributed by atoms with E-state index >= 15 is 0 Å². The summed E-state index contributed by atoms with van der Waals surface area (Å²) in [7, 11) is 0. The lowest BCUT2D eigenvalue weighted by atomic mass is 9.91. The summed E-state index contributed by atoms with van der Waals surface area (Å²) < 4.78 is 2.34. The number of imidazole rings is 1. The summed E-state index contributed by atoms with van der Waals surface area (Å²) in [5.74, 6) is -0.263. The molecule has 3 aromatic carbocycles. The van der Waals surface area contributed by atoms with Crippen molar-refractivity contribution in [1.82, 2.24) is 39.5 Å². The Labute approximate surface area is 286 Å². The Hall–Kier alpha value is -6.42. The van der Waals surface area contributed by atoms with Gasteiger partial charge in [0.05, 0.1) is 51.4 Å². The zero-order valence-electron chi connectivity index (χ0n) is 26.9. The molecule has 0 radical (unpaired) electrons. The predicted molar refractivity (Wildman–Crippen MR) is 192 cm³/mol. The third kappa shape index (κ3) is 5.13. The lowest BCUT2D eigenvalue weighted by Gasteiger charge is -2.26. The van der Waals surface area contributed by atoms with Gasteiger partial charge in [0, 0.05) is 64.5 Å². The zero-order chi connectivity index (χ0) is 33.6. The second kappa shape index (κ2) is 12.2. The summed E-state index contributed by atoms with van der Waals surface area (Å²) in [5, 5.41) is 12.8. The Kier molecular flexibility index (Phi) is 7.27. The average molecular weight is 655 g/mol. The van der Waals surface area contributed by atoms with Crippen LogP contribution >= 0.6 is 0 Å². The predicted octanol–water partition coefficient (Wildman–Crippen LogP) is 8.58. The minimum atomic E-state index is -1.06. The number of hydrogen-bond donors (Lipinski definition) is 1. The molecule has 1 fully saturated rings. The fourth-order valence-electron chi connectivity index (χ4n) is 7.35. The van der Waals surface area contributed by atoms with Crippen LogP contribution in [-0.4, -0.2) is 50.5 Å². The number of carboxylic acid groups (broad SMARTS) is 1. The maximum absolute atomic E-state index is 13.3. The van der Waals surface area contributed by atoms with E-state index in [1.807, 2.05) is 54.6 Å². The molecule has 10 heteroatoms. The first-order chi connectivity index (χ1) is 24.6. The minimum Gasteiger partial charge on any atom is -0.478 e. The fourth-order valence-corrected chi connectivity index (χ4v) is 7.35. The molecule has 242 valence electrons. The Bertz CT molecular complexity index is 2560. The first-order valence-corrected chi connectivity index (χ1v) is 16.7. The van der Waals surface area contributed by atoms with Gasteiger partial charge < -0.3 is 9.67 Å². The molecule has 10 nitrogen and oxygen atoms in total. The Morgan fingerprint density at radius 3 is 2.20 bits per heavy atom. The van der Waals surface area contributed by atoms with Crippen LogP contribution in [0.2, 0.25) is 0 Å². The van der Waals surface area contributed by atoms with Gasteiger partial charge in [0.2, 0.25) is 0 Å². The smallest absolute Gasteiger partial charge is 0.337 e. The van der Waals surface area contributed by atoms with Crippen LogP contribution in [0.1, 0.15) is 48.5 Å². The fraction of sp³-hybridized carbons (Fsp3) is 0.150. The van der Waals surface area contributed by atoms with Crippen molar-refractivity contribution in [3.05, 3.63) is 116 Å². The van der Waals surface area contributed by atoms with Crippen molar-refractivity contribution in [3.8, 4) is 45.2 Å². The van der Waals surface area contributed by atoms with Gasteiger partial charge in [0.25, 0.3) is 0 Å². The normalized spacial score (nSPS) is 13.7. The number of aromatic nitrogens is 8. The van der Waals surface area contributed by atoms with E-state index in [1.165, 1.54) is 6.42 Å². The molecular weight excluding hydrogens is 624 g/mol. The van der Waals surface area contributed by atoms with Crippen LogP contribution in [0.3, 0.4) is 0 Å². The van der Waals surface area contributed by atoms with Crippen LogP contribution < -0.4 is 0 Å². The third-order valence-corrected chi connectivity index (χ3v) is 9.64. The highest BCUT2D eigenvalue weighted by molar-refractivity contribution is 6.12. The highest BCUT2D eigenvalue weighted by Crippen LogP contribution is 2.44. The highest BCUT2D eigenvalue weighted by Gasteiger charge is 2.29. The number of pyridine rings is 2. The highest BCUT2D eigenvalue weighted by atomic mass is 16.4. The van der Waals surface area contributed by atoms with E-state index < -0.39 is 5.97 Å². The van der Waals surface area contributed by atoms with Crippen LogP contribution in [0.5, 0.6) is 0 Å². The second-order valence-electron chi connectivity index (χ2n) is 12.6. The lowest BCUT2D eigenvalue weighted by molar-refractivity contribution is 0.0698. The van der Waals surface area contributed by atoms with E-state index in [9.17, 15) is 9.90 Å². The number of rotatable bonds is 6. The van der Waals surface area contributed by atoms with Crippen LogP contribution in [0.15, 0.2) is 110 Å². The molecule has 1 aliphatic carbocycles. The third-order valence-electron chi connectivity index (χ3n) is 9.64. The van der Waals surface area contributed by atoms with E-state index in [4.69, 9.17) is 9.97 Å². The molecule has 0 saturated heterocycles. The molecule has 1 saturated carbocycles. The first-order valence-electron chi connectivity index (χ1n) is 16.7. The monoisotopic (exact) mass is 654 g/mol. The summed E-state index contributed by atoms with van der Waals surface area (Å²) in [6, 6.07) is 22.1. The Morgan fingerprint density at radius 1 is 0.680 bits per heavy atom. The van der Waals surface area contributed by atoms with Crippen LogP contribution in [-0.2, 0) is 0 Å². The molecule has 8 aromatic rings. The molecule has 5 heterocycles. The van der Waals surface area contributed by atoms with Crippen molar-refractivity contribution in [1.29, 1.82) is 0 Å². The number of nitrogens with zero attached hydrogens (tertiary/aromatic N) is 8. The summed E-state index contributed by atoms with van der Waals surface area (Å²) in [6.45, 7) is 0. The molecule has 50 heavy (non-hydrogen) atoms. The van der Waals surface area contributed by atoms with Gasteiger partial charge in [0.15, 0.2) is 0 Å². The topological polar surface area (TPSA) is 132 Å². The molecule has 9 rings (SSSR count). The van der Waals surface area contributed by atoms with E-state index in [-0.39, 0.29) is 11.6 Å². The lowest BCUT2D eigenvalue weighted by Crippen LogP contribution is -2.14. The van der Waals surface area contributed by atoms with E-state index in [2.05, 4.69) is 41.6 Å². The second-order valence-corrected chi connectivity index (χ2v) is 12.6. The van der Waals surface area contributed by atoms with Crippen molar-refractivity contribution < 1.29 is 9.90 Å². The van der Waals surface area contributed by atoms with Crippen LogP contribution in [0.25, 0.3) is 78.0 Å². The minimum absolute atomic E-state index is 0.139. The number of carbonyl (C=O) groups is 1. The van der Waals surface area contributed by atoms with Crippen LogP contribution in [0, 0.1) is 0 Å². The Balaban J connectivity index is 1.33. The quantitative estimate of drug-likeness (QED) is 0.187.